The summed E-state index contributed by atoms with van der Waals surface area (Å²) in [5.74, 6) is 0.547. The standard InChI is InChI=1S/C27H30N8O2/c36-26(37)20-8-6-19(7-9-20)22-10-5-18(15-29-22)16-30-24-23-25(35(17-31-23)21-3-1-2-4-21)33-27(32-24)34-13-11-28-12-14-34/h5-10,15,17,21,28H,1-4,11-14,16H2,(H,36,37)(H,30,32,33). The van der Waals surface area contributed by atoms with Crippen molar-refractivity contribution < 1.29 is 9.90 Å². The zero-order valence-electron chi connectivity index (χ0n) is 20.6. The van der Waals surface area contributed by atoms with Crippen LogP contribution in [0.4, 0.5) is 11.8 Å². The van der Waals surface area contributed by atoms with Gasteiger partial charge in [-0.1, -0.05) is 31.0 Å². The van der Waals surface area contributed by atoms with Crippen LogP contribution in [0.1, 0.15) is 47.6 Å². The number of nitrogens with one attached hydrogen (secondary N) is 2. The number of piperazine rings is 1. The van der Waals surface area contributed by atoms with Crippen molar-refractivity contribution in [3.63, 3.8) is 0 Å². The Hall–Kier alpha value is -4.05. The fourth-order valence-corrected chi connectivity index (χ4v) is 5.15. The summed E-state index contributed by atoms with van der Waals surface area (Å²) in [6.07, 6.45) is 8.58. The Balaban J connectivity index is 1.24. The van der Waals surface area contributed by atoms with E-state index in [9.17, 15) is 4.79 Å². The Morgan fingerprint density at radius 3 is 2.51 bits per heavy atom. The number of carboxylic acids is 1. The highest BCUT2D eigenvalue weighted by atomic mass is 16.4. The monoisotopic (exact) mass is 498 g/mol. The van der Waals surface area contributed by atoms with Gasteiger partial charge in [-0.2, -0.15) is 9.97 Å². The van der Waals surface area contributed by atoms with Gasteiger partial charge in [0.05, 0.1) is 17.6 Å². The van der Waals surface area contributed by atoms with Crippen molar-refractivity contribution in [2.75, 3.05) is 36.4 Å². The Kier molecular flexibility index (Phi) is 6.40. The molecule has 3 N–H and O–H groups in total. The number of imidazole rings is 1. The van der Waals surface area contributed by atoms with E-state index < -0.39 is 5.97 Å². The first-order chi connectivity index (χ1) is 18.2. The molecular formula is C27H30N8O2. The highest BCUT2D eigenvalue weighted by molar-refractivity contribution is 5.88. The number of nitrogens with zero attached hydrogens (tertiary/aromatic N) is 6. The number of anilines is 2. The quantitative estimate of drug-likeness (QED) is 0.350. The van der Waals surface area contributed by atoms with Crippen molar-refractivity contribution in [2.24, 2.45) is 0 Å². The molecule has 10 nitrogen and oxygen atoms in total. The first kappa shape index (κ1) is 23.4. The Morgan fingerprint density at radius 1 is 1.03 bits per heavy atom. The van der Waals surface area contributed by atoms with E-state index in [1.54, 1.807) is 24.3 Å². The van der Waals surface area contributed by atoms with E-state index in [4.69, 9.17) is 20.1 Å². The van der Waals surface area contributed by atoms with Gasteiger partial charge in [0.25, 0.3) is 0 Å². The number of benzene rings is 1. The van der Waals surface area contributed by atoms with Gasteiger partial charge in [-0.3, -0.25) is 4.98 Å². The third-order valence-corrected chi connectivity index (χ3v) is 7.24. The predicted octanol–water partition coefficient (Wildman–Crippen LogP) is 3.72. The molecule has 190 valence electrons. The van der Waals surface area contributed by atoms with Crippen LogP contribution < -0.4 is 15.5 Å². The molecule has 4 heterocycles. The van der Waals surface area contributed by atoms with Crippen LogP contribution in [0, 0.1) is 0 Å². The van der Waals surface area contributed by atoms with Crippen LogP contribution in [0.15, 0.2) is 48.9 Å². The highest BCUT2D eigenvalue weighted by Crippen LogP contribution is 2.33. The summed E-state index contributed by atoms with van der Waals surface area (Å²) < 4.78 is 2.24. The maximum Gasteiger partial charge on any atom is 0.335 e. The highest BCUT2D eigenvalue weighted by Gasteiger charge is 2.23. The molecule has 1 aliphatic heterocycles. The van der Waals surface area contributed by atoms with Crippen molar-refractivity contribution in [1.29, 1.82) is 0 Å². The molecule has 1 aromatic carbocycles. The van der Waals surface area contributed by atoms with Crippen LogP contribution in [0.2, 0.25) is 0 Å². The molecule has 37 heavy (non-hydrogen) atoms. The first-order valence-electron chi connectivity index (χ1n) is 12.9. The SMILES string of the molecule is O=C(O)c1ccc(-c2ccc(CNc3nc(N4CCNCC4)nc4c3ncn4C3CCCC3)cn2)cc1. The van der Waals surface area contributed by atoms with E-state index >= 15 is 0 Å². The van der Waals surface area contributed by atoms with Gasteiger partial charge in [-0.25, -0.2) is 9.78 Å². The minimum absolute atomic E-state index is 0.260. The summed E-state index contributed by atoms with van der Waals surface area (Å²) in [7, 11) is 0. The first-order valence-corrected chi connectivity index (χ1v) is 12.9. The maximum absolute atomic E-state index is 11.1. The Morgan fingerprint density at radius 2 is 1.81 bits per heavy atom. The maximum atomic E-state index is 11.1. The number of rotatable bonds is 7. The lowest BCUT2D eigenvalue weighted by Crippen LogP contribution is -2.44. The van der Waals surface area contributed by atoms with E-state index in [0.717, 1.165) is 78.8 Å². The topological polar surface area (TPSA) is 121 Å². The number of fused-ring (bicyclic) bond motifs is 1. The second kappa shape index (κ2) is 10.1. The van der Waals surface area contributed by atoms with Gasteiger partial charge in [-0.05, 0) is 36.6 Å². The average Bonchev–Trinajstić information content (AvgIpc) is 3.63. The fourth-order valence-electron chi connectivity index (χ4n) is 5.15. The molecule has 1 saturated carbocycles. The molecule has 1 saturated heterocycles. The molecule has 2 aliphatic rings. The van der Waals surface area contributed by atoms with Gasteiger partial charge in [0.2, 0.25) is 5.95 Å². The molecular weight excluding hydrogens is 468 g/mol. The fraction of sp³-hybridized carbons (Fsp3) is 0.370. The lowest BCUT2D eigenvalue weighted by molar-refractivity contribution is 0.0697. The lowest BCUT2D eigenvalue weighted by Gasteiger charge is -2.27. The molecule has 0 amide bonds. The van der Waals surface area contributed by atoms with E-state index in [-0.39, 0.29) is 5.56 Å². The number of hydrogen-bond donors (Lipinski definition) is 3. The van der Waals surface area contributed by atoms with E-state index in [0.29, 0.717) is 12.6 Å². The van der Waals surface area contributed by atoms with Crippen molar-refractivity contribution in [3.8, 4) is 11.3 Å². The molecule has 0 atom stereocenters. The smallest absolute Gasteiger partial charge is 0.335 e. The zero-order chi connectivity index (χ0) is 25.2. The average molecular weight is 499 g/mol. The third-order valence-electron chi connectivity index (χ3n) is 7.24. The van der Waals surface area contributed by atoms with Crippen molar-refractivity contribution in [1.82, 2.24) is 29.8 Å². The van der Waals surface area contributed by atoms with Crippen molar-refractivity contribution >= 4 is 28.9 Å². The molecule has 6 rings (SSSR count). The molecule has 0 spiro atoms. The number of aromatic carboxylic acids is 1. The number of carboxylic acid groups (broad SMARTS) is 1. The summed E-state index contributed by atoms with van der Waals surface area (Å²) in [6, 6.07) is 11.2. The van der Waals surface area contributed by atoms with Gasteiger partial charge in [0, 0.05) is 50.5 Å². The summed E-state index contributed by atoms with van der Waals surface area (Å²) in [5, 5.41) is 16.0. The molecule has 3 aromatic heterocycles. The van der Waals surface area contributed by atoms with E-state index in [1.165, 1.54) is 12.8 Å². The second-order valence-corrected chi connectivity index (χ2v) is 9.66. The van der Waals surface area contributed by atoms with Gasteiger partial charge in [0.15, 0.2) is 17.0 Å². The zero-order valence-corrected chi connectivity index (χ0v) is 20.6. The van der Waals surface area contributed by atoms with Gasteiger partial charge in [0.1, 0.15) is 0 Å². The Bertz CT molecular complexity index is 1390. The second-order valence-electron chi connectivity index (χ2n) is 9.66. The minimum atomic E-state index is -0.937. The number of hydrogen-bond acceptors (Lipinski definition) is 8. The lowest BCUT2D eigenvalue weighted by atomic mass is 10.1. The molecule has 10 heteroatoms. The van der Waals surface area contributed by atoms with Gasteiger partial charge < -0.3 is 25.2 Å². The predicted molar refractivity (Wildman–Crippen MR) is 142 cm³/mol. The molecule has 0 radical (unpaired) electrons. The van der Waals surface area contributed by atoms with Crippen molar-refractivity contribution in [3.05, 3.63) is 60.0 Å². The van der Waals surface area contributed by atoms with Crippen LogP contribution in [0.5, 0.6) is 0 Å². The molecule has 1 aliphatic carbocycles. The minimum Gasteiger partial charge on any atom is -0.478 e. The Labute approximate surface area is 214 Å². The number of carbonyl (C=O) groups is 1. The van der Waals surface area contributed by atoms with Crippen LogP contribution in [0.3, 0.4) is 0 Å². The molecule has 2 fully saturated rings. The molecule has 4 aromatic rings. The summed E-state index contributed by atoms with van der Waals surface area (Å²) in [4.78, 5) is 32.5. The summed E-state index contributed by atoms with van der Waals surface area (Å²) in [6.45, 7) is 4.14. The normalized spacial score (nSPS) is 16.4. The van der Waals surface area contributed by atoms with Crippen LogP contribution >= 0.6 is 0 Å². The van der Waals surface area contributed by atoms with Crippen LogP contribution in [-0.2, 0) is 6.54 Å². The molecule has 0 unspecified atom stereocenters. The van der Waals surface area contributed by atoms with E-state index in [2.05, 4.69) is 25.1 Å². The van der Waals surface area contributed by atoms with Crippen molar-refractivity contribution in [2.45, 2.75) is 38.3 Å². The number of aromatic nitrogens is 5. The summed E-state index contributed by atoms with van der Waals surface area (Å²) >= 11 is 0. The summed E-state index contributed by atoms with van der Waals surface area (Å²) in [5.41, 5.74) is 4.64. The van der Waals surface area contributed by atoms with Crippen LogP contribution in [0.25, 0.3) is 22.4 Å². The van der Waals surface area contributed by atoms with Gasteiger partial charge in [-0.15, -0.1) is 0 Å². The number of pyridine rings is 1. The van der Waals surface area contributed by atoms with Gasteiger partial charge >= 0.3 is 5.97 Å². The third kappa shape index (κ3) is 4.84. The van der Waals surface area contributed by atoms with Crippen LogP contribution in [-0.4, -0.2) is 61.8 Å². The molecule has 0 bridgehead atoms. The van der Waals surface area contributed by atoms with E-state index in [1.807, 2.05) is 24.7 Å². The largest absolute Gasteiger partial charge is 0.478 e.